The molecule has 0 atom stereocenters. The molecule has 3 aromatic rings. The largest absolute Gasteiger partial charge is 0.434 e. The lowest BCUT2D eigenvalue weighted by Gasteiger charge is -2.08. The van der Waals surface area contributed by atoms with E-state index in [9.17, 15) is 22.0 Å². The fourth-order valence-corrected chi connectivity index (χ4v) is 2.25. The van der Waals surface area contributed by atoms with Gasteiger partial charge in [0.05, 0.1) is 17.3 Å². The number of hydrogen-bond acceptors (Lipinski definition) is 5. The van der Waals surface area contributed by atoms with Gasteiger partial charge in [-0.15, -0.1) is 0 Å². The van der Waals surface area contributed by atoms with E-state index < -0.39 is 18.5 Å². The number of nitrogens with zero attached hydrogens (tertiary/aromatic N) is 5. The molecule has 0 aliphatic rings. The summed E-state index contributed by atoms with van der Waals surface area (Å²) in [5.41, 5.74) is -0.981. The van der Waals surface area contributed by atoms with Crippen LogP contribution in [0.5, 0.6) is 5.88 Å². The second kappa shape index (κ2) is 7.43. The Labute approximate surface area is 153 Å². The van der Waals surface area contributed by atoms with Gasteiger partial charge in [0.1, 0.15) is 0 Å². The molecule has 0 saturated carbocycles. The number of halogens is 6. The van der Waals surface area contributed by atoms with Crippen LogP contribution in [0.25, 0.3) is 11.6 Å². The van der Waals surface area contributed by atoms with E-state index in [-0.39, 0.29) is 34.8 Å². The first-order valence-electron chi connectivity index (χ1n) is 7.25. The van der Waals surface area contributed by atoms with Gasteiger partial charge in [-0.25, -0.2) is 19.9 Å². The lowest BCUT2D eigenvalue weighted by molar-refractivity contribution is -0.140. The molecule has 3 aromatic heterocycles. The Morgan fingerprint density at radius 2 is 1.81 bits per heavy atom. The molecule has 0 aliphatic heterocycles. The predicted molar refractivity (Wildman–Crippen MR) is 83.2 cm³/mol. The van der Waals surface area contributed by atoms with Crippen LogP contribution in [0.4, 0.5) is 22.0 Å². The second-order valence-corrected chi connectivity index (χ2v) is 5.58. The number of hydrogen-bond donors (Lipinski definition) is 0. The van der Waals surface area contributed by atoms with Crippen molar-refractivity contribution in [1.29, 1.82) is 0 Å². The molecule has 3 rings (SSSR count). The van der Waals surface area contributed by atoms with Gasteiger partial charge in [0, 0.05) is 24.7 Å². The van der Waals surface area contributed by atoms with Gasteiger partial charge in [-0.3, -0.25) is 0 Å². The molecule has 0 radical (unpaired) electrons. The zero-order valence-corrected chi connectivity index (χ0v) is 13.9. The van der Waals surface area contributed by atoms with Crippen molar-refractivity contribution in [3.63, 3.8) is 0 Å². The van der Waals surface area contributed by atoms with Crippen molar-refractivity contribution in [2.24, 2.45) is 0 Å². The summed E-state index contributed by atoms with van der Waals surface area (Å²) in [4.78, 5) is 15.1. The summed E-state index contributed by atoms with van der Waals surface area (Å²) in [6.07, 6.45) is -1.51. The van der Waals surface area contributed by atoms with Gasteiger partial charge in [0.2, 0.25) is 5.88 Å². The van der Waals surface area contributed by atoms with Crippen molar-refractivity contribution in [3.05, 3.63) is 53.2 Å². The molecule has 0 fully saturated rings. The summed E-state index contributed by atoms with van der Waals surface area (Å²) in [5.74, 6) is -0.626. The molecule has 0 aliphatic carbocycles. The molecule has 0 unspecified atom stereocenters. The first-order chi connectivity index (χ1) is 12.7. The standard InChI is InChI=1S/C15H9ClF5N5O/c16-8-4-22-12(23-5-8)13-25-10(15(19,20)21)7-26(13)6-9-2-1-3-11(24-9)27-14(17)18/h1-5,7,14H,6H2. The van der Waals surface area contributed by atoms with Crippen molar-refractivity contribution < 1.29 is 26.7 Å². The van der Waals surface area contributed by atoms with Crippen LogP contribution in [0, 0.1) is 0 Å². The maximum Gasteiger partial charge on any atom is 0.434 e. The van der Waals surface area contributed by atoms with Crippen LogP contribution in [-0.4, -0.2) is 31.1 Å². The molecule has 12 heteroatoms. The third-order valence-electron chi connectivity index (χ3n) is 3.21. The molecule has 3 heterocycles. The summed E-state index contributed by atoms with van der Waals surface area (Å²) in [6.45, 7) is -3.28. The minimum absolute atomic E-state index is 0.0881. The van der Waals surface area contributed by atoms with Crippen molar-refractivity contribution in [1.82, 2.24) is 24.5 Å². The Morgan fingerprint density at radius 3 is 2.44 bits per heavy atom. The minimum Gasteiger partial charge on any atom is -0.417 e. The highest BCUT2D eigenvalue weighted by Crippen LogP contribution is 2.30. The average molecular weight is 406 g/mol. The van der Waals surface area contributed by atoms with Gasteiger partial charge in [-0.2, -0.15) is 22.0 Å². The van der Waals surface area contributed by atoms with E-state index in [1.165, 1.54) is 30.6 Å². The molecule has 0 bridgehead atoms. The monoisotopic (exact) mass is 405 g/mol. The molecule has 0 amide bonds. The number of imidazole rings is 1. The maximum absolute atomic E-state index is 13.1. The van der Waals surface area contributed by atoms with E-state index in [2.05, 4.69) is 24.7 Å². The van der Waals surface area contributed by atoms with Gasteiger partial charge in [-0.05, 0) is 6.07 Å². The van der Waals surface area contributed by atoms with Crippen molar-refractivity contribution >= 4 is 11.6 Å². The quantitative estimate of drug-likeness (QED) is 0.599. The lowest BCUT2D eigenvalue weighted by Crippen LogP contribution is -2.08. The molecule has 27 heavy (non-hydrogen) atoms. The number of aromatic nitrogens is 5. The van der Waals surface area contributed by atoms with Crippen LogP contribution in [0.15, 0.2) is 36.8 Å². The highest BCUT2D eigenvalue weighted by atomic mass is 35.5. The molecule has 0 N–H and O–H groups in total. The van der Waals surface area contributed by atoms with E-state index in [1.54, 1.807) is 0 Å². The van der Waals surface area contributed by atoms with Gasteiger partial charge in [-0.1, -0.05) is 17.7 Å². The van der Waals surface area contributed by atoms with Crippen LogP contribution >= 0.6 is 11.6 Å². The highest BCUT2D eigenvalue weighted by molar-refractivity contribution is 6.30. The molecule has 0 saturated heterocycles. The molecule has 0 spiro atoms. The lowest BCUT2D eigenvalue weighted by atomic mass is 10.3. The van der Waals surface area contributed by atoms with Crippen LogP contribution in [0.3, 0.4) is 0 Å². The average Bonchev–Trinajstić information content (AvgIpc) is 2.99. The van der Waals surface area contributed by atoms with E-state index in [4.69, 9.17) is 11.6 Å². The molecular formula is C15H9ClF5N5O. The number of alkyl halides is 5. The van der Waals surface area contributed by atoms with Gasteiger partial charge >= 0.3 is 12.8 Å². The Hall–Kier alpha value is -2.82. The van der Waals surface area contributed by atoms with E-state index in [0.717, 1.165) is 10.8 Å². The fourth-order valence-electron chi connectivity index (χ4n) is 2.16. The number of ether oxygens (including phenoxy) is 1. The Kier molecular flexibility index (Phi) is 5.22. The minimum atomic E-state index is -4.69. The SMILES string of the molecule is FC(F)Oc1cccc(Cn2cc(C(F)(F)F)nc2-c2ncc(Cl)cn2)n1. The third kappa shape index (κ3) is 4.67. The maximum atomic E-state index is 13.1. The van der Waals surface area contributed by atoms with Crippen LogP contribution in [0.2, 0.25) is 5.02 Å². The van der Waals surface area contributed by atoms with Crippen LogP contribution in [-0.2, 0) is 12.7 Å². The van der Waals surface area contributed by atoms with Crippen molar-refractivity contribution in [2.75, 3.05) is 0 Å². The Balaban J connectivity index is 1.99. The number of rotatable bonds is 5. The molecular weight excluding hydrogens is 397 g/mol. The summed E-state index contributed by atoms with van der Waals surface area (Å²) < 4.78 is 69.1. The molecule has 142 valence electrons. The van der Waals surface area contributed by atoms with Gasteiger partial charge in [0.25, 0.3) is 0 Å². The van der Waals surface area contributed by atoms with E-state index >= 15 is 0 Å². The second-order valence-electron chi connectivity index (χ2n) is 5.15. The predicted octanol–water partition coefficient (Wildman–Crippen LogP) is 4.06. The summed E-state index contributed by atoms with van der Waals surface area (Å²) in [6, 6.07) is 4.03. The Morgan fingerprint density at radius 1 is 1.11 bits per heavy atom. The normalized spacial score (nSPS) is 11.8. The number of pyridine rings is 1. The molecule has 6 nitrogen and oxygen atoms in total. The Bertz CT molecular complexity index is 929. The fraction of sp³-hybridized carbons (Fsp3) is 0.200. The van der Waals surface area contributed by atoms with Gasteiger partial charge in [0.15, 0.2) is 17.3 Å². The first-order valence-corrected chi connectivity index (χ1v) is 7.63. The van der Waals surface area contributed by atoms with Crippen molar-refractivity contribution in [3.8, 4) is 17.5 Å². The van der Waals surface area contributed by atoms with Crippen molar-refractivity contribution in [2.45, 2.75) is 19.3 Å². The smallest absolute Gasteiger partial charge is 0.417 e. The highest BCUT2D eigenvalue weighted by Gasteiger charge is 2.35. The summed E-state index contributed by atoms with van der Waals surface area (Å²) in [5, 5.41) is 0.200. The third-order valence-corrected chi connectivity index (χ3v) is 3.41. The summed E-state index contributed by atoms with van der Waals surface area (Å²) in [7, 11) is 0. The first kappa shape index (κ1) is 19.0. The zero-order chi connectivity index (χ0) is 19.6. The molecule has 0 aromatic carbocycles. The van der Waals surface area contributed by atoms with E-state index in [0.29, 0.717) is 0 Å². The zero-order valence-electron chi connectivity index (χ0n) is 13.2. The summed E-state index contributed by atoms with van der Waals surface area (Å²) >= 11 is 5.69. The van der Waals surface area contributed by atoms with Gasteiger partial charge < -0.3 is 9.30 Å². The van der Waals surface area contributed by atoms with E-state index in [1.807, 2.05) is 0 Å². The topological polar surface area (TPSA) is 65.7 Å². The van der Waals surface area contributed by atoms with Crippen LogP contribution < -0.4 is 4.74 Å². The van der Waals surface area contributed by atoms with Crippen LogP contribution in [0.1, 0.15) is 11.4 Å².